The molecule has 3 aromatic rings. The Morgan fingerprint density at radius 1 is 1.00 bits per heavy atom. The Morgan fingerprint density at radius 2 is 1.69 bits per heavy atom. The molecule has 0 fully saturated rings. The van der Waals surface area contributed by atoms with E-state index >= 15 is 0 Å². The number of aromatic nitrogens is 2. The van der Waals surface area contributed by atoms with E-state index in [1.165, 1.54) is 18.9 Å². The minimum atomic E-state index is -0.770. The summed E-state index contributed by atoms with van der Waals surface area (Å²) >= 11 is 0. The number of carbonyl (C=O) groups is 2. The maximum atomic E-state index is 12.6. The van der Waals surface area contributed by atoms with Crippen molar-refractivity contribution in [3.8, 4) is 17.0 Å². The van der Waals surface area contributed by atoms with Crippen LogP contribution in [0.2, 0.25) is 0 Å². The molecule has 1 heterocycles. The van der Waals surface area contributed by atoms with E-state index in [0.29, 0.717) is 17.0 Å². The first-order valence-corrected chi connectivity index (χ1v) is 9.48. The van der Waals surface area contributed by atoms with Gasteiger partial charge in [-0.15, -0.1) is 0 Å². The molecule has 1 aromatic heterocycles. The number of ether oxygens (including phenoxy) is 3. The number of anilines is 1. The number of carbonyl (C=O) groups excluding carboxylic acids is 2. The third kappa shape index (κ3) is 4.84. The molecule has 0 radical (unpaired) electrons. The number of methoxy groups -OCH3 is 3. The van der Waals surface area contributed by atoms with Crippen LogP contribution in [0.15, 0.2) is 65.8 Å². The Bertz CT molecular complexity index is 1170. The van der Waals surface area contributed by atoms with E-state index < -0.39 is 11.9 Å². The second-order valence-electron chi connectivity index (χ2n) is 6.44. The smallest absolute Gasteiger partial charge is 0.340 e. The average molecular weight is 434 g/mol. The number of esters is 2. The zero-order valence-corrected chi connectivity index (χ0v) is 17.8. The number of nitrogen functional groups attached to an aromatic ring is 1. The van der Waals surface area contributed by atoms with E-state index in [0.717, 1.165) is 11.6 Å². The van der Waals surface area contributed by atoms with Crippen molar-refractivity contribution in [2.45, 2.75) is 0 Å². The third-order valence-electron chi connectivity index (χ3n) is 4.49. The number of hydrogen-bond acceptors (Lipinski definition) is 8. The summed E-state index contributed by atoms with van der Waals surface area (Å²) in [5.41, 5.74) is 8.03. The summed E-state index contributed by atoms with van der Waals surface area (Å²) in [5.74, 6) is -0.795. The molecule has 0 unspecified atom stereocenters. The van der Waals surface area contributed by atoms with Crippen LogP contribution < -0.4 is 10.5 Å². The van der Waals surface area contributed by atoms with E-state index in [1.54, 1.807) is 49.7 Å². The largest absolute Gasteiger partial charge is 0.497 e. The van der Waals surface area contributed by atoms with Crippen molar-refractivity contribution in [1.82, 2.24) is 9.66 Å². The summed E-state index contributed by atoms with van der Waals surface area (Å²) in [5, 5.41) is 4.41. The van der Waals surface area contributed by atoms with E-state index in [-0.39, 0.29) is 17.2 Å². The lowest BCUT2D eigenvalue weighted by atomic mass is 10.0. The zero-order valence-electron chi connectivity index (χ0n) is 17.8. The zero-order chi connectivity index (χ0) is 23.1. The van der Waals surface area contributed by atoms with E-state index in [2.05, 4.69) is 10.1 Å². The second kappa shape index (κ2) is 10.1. The van der Waals surface area contributed by atoms with Crippen LogP contribution in [0.5, 0.6) is 5.75 Å². The quantitative estimate of drug-likeness (QED) is 0.345. The van der Waals surface area contributed by atoms with Crippen LogP contribution in [0.4, 0.5) is 5.95 Å². The molecular formula is C23H22N4O5. The van der Waals surface area contributed by atoms with Gasteiger partial charge in [-0.05, 0) is 29.8 Å². The van der Waals surface area contributed by atoms with Crippen LogP contribution in [0.3, 0.4) is 0 Å². The van der Waals surface area contributed by atoms with E-state index in [9.17, 15) is 9.59 Å². The van der Waals surface area contributed by atoms with Gasteiger partial charge in [0, 0.05) is 11.6 Å². The van der Waals surface area contributed by atoms with E-state index in [1.807, 2.05) is 18.2 Å². The van der Waals surface area contributed by atoms with Gasteiger partial charge in [0.15, 0.2) is 0 Å². The first-order chi connectivity index (χ1) is 15.5. The van der Waals surface area contributed by atoms with Crippen molar-refractivity contribution in [2.24, 2.45) is 5.10 Å². The molecule has 0 saturated heterocycles. The Labute approximate surface area is 184 Å². The van der Waals surface area contributed by atoms with Gasteiger partial charge in [0.05, 0.1) is 33.1 Å². The van der Waals surface area contributed by atoms with Gasteiger partial charge in [0.25, 0.3) is 0 Å². The highest BCUT2D eigenvalue weighted by Crippen LogP contribution is 2.31. The SMILES string of the molecule is COC(=O)/C=C(\C(=O)OC)c1c(-c2ccccc2)nc(N)n1/N=C/c1ccc(OC)cc1. The average Bonchev–Trinajstić information content (AvgIpc) is 3.17. The lowest BCUT2D eigenvalue weighted by molar-refractivity contribution is -0.136. The highest BCUT2D eigenvalue weighted by atomic mass is 16.5. The molecule has 2 N–H and O–H groups in total. The molecule has 0 spiro atoms. The summed E-state index contributed by atoms with van der Waals surface area (Å²) in [6.45, 7) is 0. The number of benzene rings is 2. The van der Waals surface area contributed by atoms with Crippen LogP contribution in [-0.4, -0.2) is 49.1 Å². The van der Waals surface area contributed by atoms with Gasteiger partial charge in [-0.3, -0.25) is 0 Å². The lowest BCUT2D eigenvalue weighted by Gasteiger charge is -2.09. The van der Waals surface area contributed by atoms with Gasteiger partial charge in [0.1, 0.15) is 17.1 Å². The minimum Gasteiger partial charge on any atom is -0.497 e. The van der Waals surface area contributed by atoms with Crippen molar-refractivity contribution >= 4 is 29.7 Å². The van der Waals surface area contributed by atoms with Gasteiger partial charge in [0.2, 0.25) is 5.95 Å². The maximum Gasteiger partial charge on any atom is 0.340 e. The first kappa shape index (κ1) is 22.3. The van der Waals surface area contributed by atoms with Crippen molar-refractivity contribution < 1.29 is 23.8 Å². The van der Waals surface area contributed by atoms with Crippen LogP contribution in [0, 0.1) is 0 Å². The fourth-order valence-electron chi connectivity index (χ4n) is 2.91. The molecular weight excluding hydrogens is 412 g/mol. The maximum absolute atomic E-state index is 12.6. The topological polar surface area (TPSA) is 118 Å². The fraction of sp³-hybridized carbons (Fsp3) is 0.130. The van der Waals surface area contributed by atoms with Crippen molar-refractivity contribution in [2.75, 3.05) is 27.1 Å². The lowest BCUT2D eigenvalue weighted by Crippen LogP contribution is -2.12. The number of hydrogen-bond donors (Lipinski definition) is 1. The second-order valence-corrected chi connectivity index (χ2v) is 6.44. The molecule has 2 aromatic carbocycles. The first-order valence-electron chi connectivity index (χ1n) is 9.48. The molecule has 0 aliphatic carbocycles. The molecule has 0 atom stereocenters. The fourth-order valence-corrected chi connectivity index (χ4v) is 2.91. The van der Waals surface area contributed by atoms with Crippen LogP contribution in [0.1, 0.15) is 11.3 Å². The Balaban J connectivity index is 2.21. The predicted molar refractivity (Wildman–Crippen MR) is 120 cm³/mol. The van der Waals surface area contributed by atoms with Crippen molar-refractivity contribution in [3.63, 3.8) is 0 Å². The summed E-state index contributed by atoms with van der Waals surface area (Å²) in [6.07, 6.45) is 2.57. The van der Waals surface area contributed by atoms with Gasteiger partial charge in [-0.1, -0.05) is 30.3 Å². The van der Waals surface area contributed by atoms with Crippen LogP contribution >= 0.6 is 0 Å². The minimum absolute atomic E-state index is 0.0169. The van der Waals surface area contributed by atoms with Gasteiger partial charge >= 0.3 is 11.9 Å². The van der Waals surface area contributed by atoms with Crippen molar-refractivity contribution in [1.29, 1.82) is 0 Å². The molecule has 0 saturated carbocycles. The Morgan fingerprint density at radius 3 is 2.28 bits per heavy atom. The standard InChI is InChI=1S/C23H22N4O5/c1-30-17-11-9-15(10-12-17)14-25-27-21(18(22(29)32-3)13-19(28)31-2)20(26-23(27)24)16-7-5-4-6-8-16/h4-14H,1-3H3,(H2,24,26)/b18-13-,25-14+. The summed E-state index contributed by atoms with van der Waals surface area (Å²) in [7, 11) is 3.99. The van der Waals surface area contributed by atoms with Gasteiger partial charge < -0.3 is 19.9 Å². The third-order valence-corrected chi connectivity index (χ3v) is 4.49. The van der Waals surface area contributed by atoms with Crippen molar-refractivity contribution in [3.05, 3.63) is 71.9 Å². The summed E-state index contributed by atoms with van der Waals surface area (Å²) in [6, 6.07) is 16.3. The summed E-state index contributed by atoms with van der Waals surface area (Å²) in [4.78, 5) is 29.0. The number of nitrogens with zero attached hydrogens (tertiary/aromatic N) is 3. The number of imidazole rings is 1. The van der Waals surface area contributed by atoms with Crippen LogP contribution in [0.25, 0.3) is 16.8 Å². The Hall–Kier alpha value is -4.40. The van der Waals surface area contributed by atoms with E-state index in [4.69, 9.17) is 19.9 Å². The molecule has 0 aliphatic heterocycles. The molecule has 0 aliphatic rings. The molecule has 9 nitrogen and oxygen atoms in total. The molecule has 164 valence electrons. The van der Waals surface area contributed by atoms with Crippen LogP contribution in [-0.2, 0) is 19.1 Å². The number of rotatable bonds is 7. The summed E-state index contributed by atoms with van der Waals surface area (Å²) < 4.78 is 16.0. The molecule has 0 bridgehead atoms. The number of nitrogens with two attached hydrogens (primary N) is 1. The molecule has 9 heteroatoms. The highest BCUT2D eigenvalue weighted by Gasteiger charge is 2.26. The monoisotopic (exact) mass is 434 g/mol. The Kier molecular flexibility index (Phi) is 7.02. The van der Waals surface area contributed by atoms with Gasteiger partial charge in [-0.2, -0.15) is 9.78 Å². The molecule has 0 amide bonds. The van der Waals surface area contributed by atoms with Gasteiger partial charge in [-0.25, -0.2) is 14.6 Å². The molecule has 3 rings (SSSR count). The normalized spacial score (nSPS) is 11.4. The predicted octanol–water partition coefficient (Wildman–Crippen LogP) is 2.75. The molecule has 32 heavy (non-hydrogen) atoms. The highest BCUT2D eigenvalue weighted by molar-refractivity contribution is 6.21.